The Balaban J connectivity index is 1.79. The minimum absolute atomic E-state index is 0.121. The van der Waals surface area contributed by atoms with Gasteiger partial charge in [-0.25, -0.2) is 4.98 Å². The SMILES string of the molecule is CC(NC(=O)c1cccc(Br)c1)c1nc2ccccc2[nH]1. The summed E-state index contributed by atoms with van der Waals surface area (Å²) in [7, 11) is 0. The first-order valence-corrected chi connectivity index (χ1v) is 7.44. The molecule has 106 valence electrons. The molecule has 21 heavy (non-hydrogen) atoms. The number of fused-ring (bicyclic) bond motifs is 1. The molecule has 0 fully saturated rings. The van der Waals surface area contributed by atoms with Crippen molar-refractivity contribution in [2.45, 2.75) is 13.0 Å². The van der Waals surface area contributed by atoms with E-state index in [2.05, 4.69) is 31.2 Å². The summed E-state index contributed by atoms with van der Waals surface area (Å²) in [6.45, 7) is 1.91. The maximum atomic E-state index is 12.2. The van der Waals surface area contributed by atoms with Crippen LogP contribution in [0.2, 0.25) is 0 Å². The van der Waals surface area contributed by atoms with Gasteiger partial charge in [0.15, 0.2) is 0 Å². The molecule has 1 amide bonds. The summed E-state index contributed by atoms with van der Waals surface area (Å²) in [4.78, 5) is 19.9. The summed E-state index contributed by atoms with van der Waals surface area (Å²) in [5.74, 6) is 0.629. The highest BCUT2D eigenvalue weighted by molar-refractivity contribution is 9.10. The second-order valence-electron chi connectivity index (χ2n) is 4.84. The number of aromatic amines is 1. The van der Waals surface area contributed by atoms with E-state index in [4.69, 9.17) is 0 Å². The fraction of sp³-hybridized carbons (Fsp3) is 0.125. The van der Waals surface area contributed by atoms with Gasteiger partial charge in [0.2, 0.25) is 0 Å². The quantitative estimate of drug-likeness (QED) is 0.759. The second kappa shape index (κ2) is 5.69. The maximum absolute atomic E-state index is 12.2. The normalized spacial score (nSPS) is 12.3. The van der Waals surface area contributed by atoms with E-state index in [0.29, 0.717) is 5.56 Å². The summed E-state index contributed by atoms with van der Waals surface area (Å²) >= 11 is 3.37. The van der Waals surface area contributed by atoms with E-state index in [1.165, 1.54) is 0 Å². The number of H-pyrrole nitrogens is 1. The van der Waals surface area contributed by atoms with Crippen molar-refractivity contribution in [3.05, 3.63) is 64.4 Å². The second-order valence-corrected chi connectivity index (χ2v) is 5.76. The Kier molecular flexibility index (Phi) is 3.75. The van der Waals surface area contributed by atoms with Crippen molar-refractivity contribution in [3.8, 4) is 0 Å². The van der Waals surface area contributed by atoms with Crippen molar-refractivity contribution in [2.75, 3.05) is 0 Å². The number of aromatic nitrogens is 2. The van der Waals surface area contributed by atoms with Crippen LogP contribution in [-0.4, -0.2) is 15.9 Å². The average Bonchev–Trinajstić information content (AvgIpc) is 2.91. The first-order chi connectivity index (χ1) is 10.1. The minimum atomic E-state index is -0.191. The van der Waals surface area contributed by atoms with Crippen molar-refractivity contribution in [1.82, 2.24) is 15.3 Å². The van der Waals surface area contributed by atoms with Crippen molar-refractivity contribution < 1.29 is 4.79 Å². The van der Waals surface area contributed by atoms with Crippen LogP contribution in [-0.2, 0) is 0 Å². The minimum Gasteiger partial charge on any atom is -0.342 e. The predicted octanol–water partition coefficient (Wildman–Crippen LogP) is 3.82. The lowest BCUT2D eigenvalue weighted by molar-refractivity contribution is 0.0938. The van der Waals surface area contributed by atoms with Gasteiger partial charge in [-0.2, -0.15) is 0 Å². The number of nitrogens with zero attached hydrogens (tertiary/aromatic N) is 1. The number of imidazole rings is 1. The summed E-state index contributed by atoms with van der Waals surface area (Å²) in [5, 5.41) is 2.95. The number of rotatable bonds is 3. The lowest BCUT2D eigenvalue weighted by Gasteiger charge is -2.11. The average molecular weight is 344 g/mol. The van der Waals surface area contributed by atoms with Crippen LogP contribution in [0.4, 0.5) is 0 Å². The van der Waals surface area contributed by atoms with Gasteiger partial charge >= 0.3 is 0 Å². The largest absolute Gasteiger partial charge is 0.342 e. The van der Waals surface area contributed by atoms with Crippen LogP contribution in [0.25, 0.3) is 11.0 Å². The molecule has 1 unspecified atom stereocenters. The number of benzene rings is 2. The molecule has 1 aromatic heterocycles. The molecule has 0 aliphatic carbocycles. The number of halogens is 1. The van der Waals surface area contributed by atoms with Crippen molar-refractivity contribution in [3.63, 3.8) is 0 Å². The summed E-state index contributed by atoms with van der Waals surface area (Å²) in [6, 6.07) is 14.9. The molecule has 0 saturated carbocycles. The van der Waals surface area contributed by atoms with Gasteiger partial charge in [-0.3, -0.25) is 4.79 Å². The van der Waals surface area contributed by atoms with E-state index in [-0.39, 0.29) is 11.9 Å². The Labute approximate surface area is 130 Å². The van der Waals surface area contributed by atoms with Gasteiger partial charge in [0.25, 0.3) is 5.91 Å². The first kappa shape index (κ1) is 13.8. The van der Waals surface area contributed by atoms with Gasteiger partial charge in [-0.05, 0) is 37.3 Å². The zero-order chi connectivity index (χ0) is 14.8. The Morgan fingerprint density at radius 2 is 2.05 bits per heavy atom. The van der Waals surface area contributed by atoms with Crippen LogP contribution in [0.5, 0.6) is 0 Å². The number of hydrogen-bond donors (Lipinski definition) is 2. The van der Waals surface area contributed by atoms with Crippen LogP contribution in [0.15, 0.2) is 53.0 Å². The molecule has 2 N–H and O–H groups in total. The molecule has 0 aliphatic rings. The molecule has 0 spiro atoms. The first-order valence-electron chi connectivity index (χ1n) is 6.64. The molecule has 0 radical (unpaired) electrons. The van der Waals surface area contributed by atoms with Gasteiger partial charge in [0, 0.05) is 10.0 Å². The van der Waals surface area contributed by atoms with Crippen LogP contribution >= 0.6 is 15.9 Å². The highest BCUT2D eigenvalue weighted by Crippen LogP contribution is 2.17. The van der Waals surface area contributed by atoms with E-state index in [0.717, 1.165) is 21.3 Å². The number of para-hydroxylation sites is 2. The van der Waals surface area contributed by atoms with Crippen molar-refractivity contribution in [1.29, 1.82) is 0 Å². The Morgan fingerprint density at radius 3 is 2.81 bits per heavy atom. The molecule has 0 saturated heterocycles. The summed E-state index contributed by atoms with van der Waals surface area (Å²) in [6.07, 6.45) is 0. The van der Waals surface area contributed by atoms with Gasteiger partial charge in [-0.1, -0.05) is 34.1 Å². The molecule has 0 bridgehead atoms. The van der Waals surface area contributed by atoms with E-state index in [1.54, 1.807) is 12.1 Å². The Hall–Kier alpha value is -2.14. The number of nitrogens with one attached hydrogen (secondary N) is 2. The molecule has 1 atom stereocenters. The van der Waals surface area contributed by atoms with Crippen molar-refractivity contribution in [2.24, 2.45) is 0 Å². The lowest BCUT2D eigenvalue weighted by Crippen LogP contribution is -2.27. The number of hydrogen-bond acceptors (Lipinski definition) is 2. The Morgan fingerprint density at radius 1 is 1.24 bits per heavy atom. The summed E-state index contributed by atoms with van der Waals surface area (Å²) < 4.78 is 0.881. The molecule has 2 aromatic carbocycles. The van der Waals surface area contributed by atoms with Crippen LogP contribution < -0.4 is 5.32 Å². The zero-order valence-electron chi connectivity index (χ0n) is 11.4. The topological polar surface area (TPSA) is 57.8 Å². The number of amides is 1. The van der Waals surface area contributed by atoms with Gasteiger partial charge in [-0.15, -0.1) is 0 Å². The van der Waals surface area contributed by atoms with Gasteiger partial charge < -0.3 is 10.3 Å². The third-order valence-corrected chi connectivity index (χ3v) is 3.75. The van der Waals surface area contributed by atoms with Crippen molar-refractivity contribution >= 4 is 32.9 Å². The molecule has 5 heteroatoms. The Bertz CT molecular complexity index is 764. The van der Waals surface area contributed by atoms with Gasteiger partial charge in [0.05, 0.1) is 17.1 Å². The molecular weight excluding hydrogens is 330 g/mol. The maximum Gasteiger partial charge on any atom is 0.251 e. The third kappa shape index (κ3) is 2.97. The molecule has 0 aliphatic heterocycles. The van der Waals surface area contributed by atoms with E-state index >= 15 is 0 Å². The standard InChI is InChI=1S/C16H14BrN3O/c1-10(15-19-13-7-2-3-8-14(13)20-15)18-16(21)11-5-4-6-12(17)9-11/h2-10H,1H3,(H,18,21)(H,19,20). The molecule has 3 aromatic rings. The lowest BCUT2D eigenvalue weighted by atomic mass is 10.2. The highest BCUT2D eigenvalue weighted by atomic mass is 79.9. The zero-order valence-corrected chi connectivity index (χ0v) is 13.0. The highest BCUT2D eigenvalue weighted by Gasteiger charge is 2.14. The van der Waals surface area contributed by atoms with Gasteiger partial charge in [0.1, 0.15) is 5.82 Å². The van der Waals surface area contributed by atoms with E-state index < -0.39 is 0 Å². The molecule has 3 rings (SSSR count). The predicted molar refractivity (Wildman–Crippen MR) is 86.1 cm³/mol. The molecule has 1 heterocycles. The molecule has 4 nitrogen and oxygen atoms in total. The van der Waals surface area contributed by atoms with E-state index in [1.807, 2.05) is 43.3 Å². The van der Waals surface area contributed by atoms with Crippen LogP contribution in [0.1, 0.15) is 29.1 Å². The van der Waals surface area contributed by atoms with Crippen LogP contribution in [0.3, 0.4) is 0 Å². The smallest absolute Gasteiger partial charge is 0.251 e. The molecular formula is C16H14BrN3O. The van der Waals surface area contributed by atoms with Crippen LogP contribution in [0, 0.1) is 0 Å². The monoisotopic (exact) mass is 343 g/mol. The fourth-order valence-corrected chi connectivity index (χ4v) is 2.55. The third-order valence-electron chi connectivity index (χ3n) is 3.25. The summed E-state index contributed by atoms with van der Waals surface area (Å²) in [5.41, 5.74) is 2.49. The van der Waals surface area contributed by atoms with E-state index in [9.17, 15) is 4.79 Å². The number of carbonyl (C=O) groups excluding carboxylic acids is 1. The fourth-order valence-electron chi connectivity index (χ4n) is 2.16. The number of carbonyl (C=O) groups is 1.